The molecule has 0 spiro atoms. The average Bonchev–Trinajstić information content (AvgIpc) is 2.82. The van der Waals surface area contributed by atoms with Crippen LogP contribution in [0.2, 0.25) is 0 Å². The summed E-state index contributed by atoms with van der Waals surface area (Å²) in [4.78, 5) is 13.6. The molecule has 2 heterocycles. The second-order valence-corrected chi connectivity index (χ2v) is 5.32. The van der Waals surface area contributed by atoms with Crippen LogP contribution >= 0.6 is 11.3 Å². The molecule has 3 rings (SSSR count). The Morgan fingerprint density at radius 2 is 2.06 bits per heavy atom. The van der Waals surface area contributed by atoms with Gasteiger partial charge in [0.2, 0.25) is 0 Å². The van der Waals surface area contributed by atoms with Gasteiger partial charge in [-0.25, -0.2) is 4.79 Å². The number of carbonyl (C=O) groups is 1. The van der Waals surface area contributed by atoms with E-state index in [4.69, 9.17) is 9.84 Å². The first kappa shape index (κ1) is 11.5. The minimum absolute atomic E-state index is 0.393. The molecule has 0 aliphatic carbocycles. The third-order valence-corrected chi connectivity index (χ3v) is 4.18. The van der Waals surface area contributed by atoms with E-state index in [1.807, 2.05) is 12.1 Å². The zero-order valence-corrected chi connectivity index (χ0v) is 10.6. The van der Waals surface area contributed by atoms with Crippen LogP contribution in [0.1, 0.15) is 9.67 Å². The maximum atomic E-state index is 10.9. The molecule has 0 atom stereocenters. The van der Waals surface area contributed by atoms with Crippen molar-refractivity contribution < 1.29 is 14.6 Å². The minimum Gasteiger partial charge on any atom is -0.477 e. The van der Waals surface area contributed by atoms with Gasteiger partial charge in [0.05, 0.1) is 13.2 Å². The number of nitrogens with zero attached hydrogens (tertiary/aromatic N) is 1. The molecule has 1 aliphatic heterocycles. The Morgan fingerprint density at radius 1 is 1.28 bits per heavy atom. The van der Waals surface area contributed by atoms with Crippen molar-refractivity contribution in [3.63, 3.8) is 0 Å². The van der Waals surface area contributed by atoms with Crippen LogP contribution in [0.15, 0.2) is 24.3 Å². The Kier molecular flexibility index (Phi) is 2.93. The molecule has 0 saturated carbocycles. The van der Waals surface area contributed by atoms with Gasteiger partial charge < -0.3 is 14.7 Å². The number of rotatable bonds is 2. The number of carboxylic acid groups (broad SMARTS) is 1. The molecule has 2 aromatic rings. The van der Waals surface area contributed by atoms with Crippen molar-refractivity contribution >= 4 is 33.1 Å². The van der Waals surface area contributed by atoms with Crippen LogP contribution in [-0.4, -0.2) is 37.4 Å². The standard InChI is InChI=1S/C13H13NO3S/c15-13(16)12-7-9-1-2-10(8-11(9)18-12)14-3-5-17-6-4-14/h1-2,7-8H,3-6H2,(H,15,16). The Balaban J connectivity index is 1.96. The Bertz CT molecular complexity index is 587. The van der Waals surface area contributed by atoms with E-state index in [0.29, 0.717) is 4.88 Å². The van der Waals surface area contributed by atoms with Gasteiger partial charge in [0.25, 0.3) is 0 Å². The Morgan fingerprint density at radius 3 is 2.78 bits per heavy atom. The lowest BCUT2D eigenvalue weighted by Gasteiger charge is -2.28. The van der Waals surface area contributed by atoms with E-state index in [2.05, 4.69) is 11.0 Å². The van der Waals surface area contributed by atoms with Crippen molar-refractivity contribution in [2.24, 2.45) is 0 Å². The molecule has 0 bridgehead atoms. The number of morpholine rings is 1. The number of hydrogen-bond donors (Lipinski definition) is 1. The lowest BCUT2D eigenvalue weighted by molar-refractivity contribution is 0.0702. The van der Waals surface area contributed by atoms with Gasteiger partial charge in [0, 0.05) is 23.5 Å². The first-order valence-electron chi connectivity index (χ1n) is 5.83. The van der Waals surface area contributed by atoms with E-state index in [-0.39, 0.29) is 0 Å². The summed E-state index contributed by atoms with van der Waals surface area (Å²) in [5, 5.41) is 9.98. The maximum Gasteiger partial charge on any atom is 0.345 e. The second-order valence-electron chi connectivity index (χ2n) is 4.24. The number of anilines is 1. The lowest BCUT2D eigenvalue weighted by atomic mass is 10.2. The zero-order chi connectivity index (χ0) is 12.5. The molecular weight excluding hydrogens is 250 g/mol. The molecule has 5 heteroatoms. The van der Waals surface area contributed by atoms with Crippen LogP contribution in [0.25, 0.3) is 10.1 Å². The van der Waals surface area contributed by atoms with Crippen molar-refractivity contribution in [3.8, 4) is 0 Å². The highest BCUT2D eigenvalue weighted by atomic mass is 32.1. The molecular formula is C13H13NO3S. The van der Waals surface area contributed by atoms with Gasteiger partial charge in [-0.05, 0) is 23.6 Å². The molecule has 0 amide bonds. The van der Waals surface area contributed by atoms with Gasteiger partial charge in [0.1, 0.15) is 4.88 Å². The summed E-state index contributed by atoms with van der Waals surface area (Å²) in [5.41, 5.74) is 1.14. The Labute approximate surface area is 108 Å². The van der Waals surface area contributed by atoms with E-state index >= 15 is 0 Å². The van der Waals surface area contributed by atoms with E-state index in [0.717, 1.165) is 42.1 Å². The molecule has 4 nitrogen and oxygen atoms in total. The smallest absolute Gasteiger partial charge is 0.345 e. The number of thiophene rings is 1. The van der Waals surface area contributed by atoms with Crippen LogP contribution in [0, 0.1) is 0 Å². The van der Waals surface area contributed by atoms with Crippen LogP contribution < -0.4 is 4.90 Å². The average molecular weight is 263 g/mol. The Hall–Kier alpha value is -1.59. The van der Waals surface area contributed by atoms with Crippen LogP contribution in [0.3, 0.4) is 0 Å². The van der Waals surface area contributed by atoms with Gasteiger partial charge in [-0.1, -0.05) is 6.07 Å². The normalized spacial score (nSPS) is 16.1. The molecule has 0 unspecified atom stereocenters. The predicted molar refractivity (Wildman–Crippen MR) is 71.8 cm³/mol. The largest absolute Gasteiger partial charge is 0.477 e. The summed E-state index contributed by atoms with van der Waals surface area (Å²) in [6.45, 7) is 3.29. The lowest BCUT2D eigenvalue weighted by Crippen LogP contribution is -2.36. The van der Waals surface area contributed by atoms with Crippen molar-refractivity contribution in [1.29, 1.82) is 0 Å². The molecule has 1 aromatic carbocycles. The highest BCUT2D eigenvalue weighted by Crippen LogP contribution is 2.30. The number of carboxylic acids is 1. The monoisotopic (exact) mass is 263 g/mol. The van der Waals surface area contributed by atoms with E-state index in [1.54, 1.807) is 6.07 Å². The van der Waals surface area contributed by atoms with Gasteiger partial charge >= 0.3 is 5.97 Å². The zero-order valence-electron chi connectivity index (χ0n) is 9.76. The molecule has 1 aliphatic rings. The molecule has 1 N–H and O–H groups in total. The number of hydrogen-bond acceptors (Lipinski definition) is 4. The van der Waals surface area contributed by atoms with Crippen LogP contribution in [0.5, 0.6) is 0 Å². The fourth-order valence-corrected chi connectivity index (χ4v) is 3.08. The second kappa shape index (κ2) is 4.59. The summed E-state index contributed by atoms with van der Waals surface area (Å²) in [6.07, 6.45) is 0. The van der Waals surface area contributed by atoms with Crippen LogP contribution in [-0.2, 0) is 4.74 Å². The fourth-order valence-electron chi connectivity index (χ4n) is 2.14. The van der Waals surface area contributed by atoms with Crippen molar-refractivity contribution in [2.45, 2.75) is 0 Å². The minimum atomic E-state index is -0.857. The molecule has 1 aromatic heterocycles. The summed E-state index contributed by atoms with van der Waals surface area (Å²) in [7, 11) is 0. The van der Waals surface area contributed by atoms with Crippen LogP contribution in [0.4, 0.5) is 5.69 Å². The van der Waals surface area contributed by atoms with E-state index in [9.17, 15) is 4.79 Å². The summed E-state index contributed by atoms with van der Waals surface area (Å²) in [6, 6.07) is 7.83. The molecule has 0 radical (unpaired) electrons. The van der Waals surface area contributed by atoms with E-state index < -0.39 is 5.97 Å². The highest BCUT2D eigenvalue weighted by Gasteiger charge is 2.13. The fraction of sp³-hybridized carbons (Fsp3) is 0.308. The quantitative estimate of drug-likeness (QED) is 0.904. The summed E-state index contributed by atoms with van der Waals surface area (Å²) < 4.78 is 6.35. The summed E-state index contributed by atoms with van der Waals surface area (Å²) >= 11 is 1.33. The molecule has 1 saturated heterocycles. The number of fused-ring (bicyclic) bond motifs is 1. The number of benzene rings is 1. The van der Waals surface area contributed by atoms with Gasteiger partial charge in [-0.3, -0.25) is 0 Å². The molecule has 94 valence electrons. The van der Waals surface area contributed by atoms with Crippen molar-refractivity contribution in [1.82, 2.24) is 0 Å². The van der Waals surface area contributed by atoms with Gasteiger partial charge in [-0.15, -0.1) is 11.3 Å². The topological polar surface area (TPSA) is 49.8 Å². The SMILES string of the molecule is O=C(O)c1cc2ccc(N3CCOCC3)cc2s1. The highest BCUT2D eigenvalue weighted by molar-refractivity contribution is 7.20. The molecule has 1 fully saturated rings. The number of ether oxygens (including phenoxy) is 1. The van der Waals surface area contributed by atoms with E-state index in [1.165, 1.54) is 11.3 Å². The van der Waals surface area contributed by atoms with Crippen molar-refractivity contribution in [2.75, 3.05) is 31.2 Å². The predicted octanol–water partition coefficient (Wildman–Crippen LogP) is 2.44. The van der Waals surface area contributed by atoms with Gasteiger partial charge in [0.15, 0.2) is 0 Å². The first-order valence-corrected chi connectivity index (χ1v) is 6.65. The maximum absolute atomic E-state index is 10.9. The summed E-state index contributed by atoms with van der Waals surface area (Å²) in [5.74, 6) is -0.857. The van der Waals surface area contributed by atoms with Crippen molar-refractivity contribution in [3.05, 3.63) is 29.1 Å². The van der Waals surface area contributed by atoms with Gasteiger partial charge in [-0.2, -0.15) is 0 Å². The number of aromatic carboxylic acids is 1. The third-order valence-electron chi connectivity index (χ3n) is 3.09. The first-order chi connectivity index (χ1) is 8.74. The third kappa shape index (κ3) is 2.07. The molecule has 18 heavy (non-hydrogen) atoms.